The molecular formula is C39H52N10O5. The molecule has 8 rings (SSSR count). The molecule has 288 valence electrons. The fourth-order valence-corrected chi connectivity index (χ4v) is 8.43. The van der Waals surface area contributed by atoms with Gasteiger partial charge in [0.2, 0.25) is 17.7 Å². The number of benzene rings is 1. The number of nitrogens with two attached hydrogens (primary N) is 1. The van der Waals surface area contributed by atoms with Crippen LogP contribution in [0.3, 0.4) is 0 Å². The Labute approximate surface area is 315 Å². The van der Waals surface area contributed by atoms with Gasteiger partial charge in [-0.3, -0.25) is 39.1 Å². The number of rotatable bonds is 10. The Morgan fingerprint density at radius 1 is 0.907 bits per heavy atom. The summed E-state index contributed by atoms with van der Waals surface area (Å²) in [5, 5.41) is 10.2. The molecule has 1 saturated carbocycles. The quantitative estimate of drug-likeness (QED) is 0.260. The van der Waals surface area contributed by atoms with Gasteiger partial charge in [-0.1, -0.05) is 32.3 Å². The number of nitrogens with zero attached hydrogens (tertiary/aromatic N) is 7. The first-order chi connectivity index (χ1) is 26.2. The zero-order chi connectivity index (χ0) is 37.8. The Balaban J connectivity index is 0.000000208. The summed E-state index contributed by atoms with van der Waals surface area (Å²) in [6.45, 7) is 8.96. The van der Waals surface area contributed by atoms with E-state index in [1.165, 1.54) is 25.7 Å². The molecule has 1 unspecified atom stereocenters. The summed E-state index contributed by atoms with van der Waals surface area (Å²) < 4.78 is 1.91. The number of piperidine rings is 2. The maximum atomic E-state index is 13.4. The number of hydrogen-bond acceptors (Lipinski definition) is 11. The summed E-state index contributed by atoms with van der Waals surface area (Å²) in [6, 6.07) is 9.03. The standard InChI is InChI=1S/C25H32N6O5.C14H20N4/c26-22(33)16-6-8-28(9-7-16)10-11-29-12-14-30(15-13-29)18-3-1-2-17-21(18)25(36)31(24(17)35)19-4-5-20(32)27-23(19)34;1-2-5-12-10-14(16-11-6-3-4-7-11)18-13(17-12)8-9-15-18/h1-3,16,19H,4-15H2,(H2,26,33)(H,27,32,34);8-11,16H,2-7H2,1H3. The zero-order valence-electron chi connectivity index (χ0n) is 31.2. The van der Waals surface area contributed by atoms with Gasteiger partial charge in [-0.05, 0) is 63.7 Å². The van der Waals surface area contributed by atoms with Gasteiger partial charge in [0.1, 0.15) is 11.9 Å². The predicted molar refractivity (Wildman–Crippen MR) is 203 cm³/mol. The molecule has 3 aromatic rings. The van der Waals surface area contributed by atoms with Gasteiger partial charge in [0.05, 0.1) is 23.0 Å². The monoisotopic (exact) mass is 740 g/mol. The highest BCUT2D eigenvalue weighted by atomic mass is 16.2. The van der Waals surface area contributed by atoms with E-state index >= 15 is 0 Å². The van der Waals surface area contributed by atoms with E-state index in [0.717, 1.165) is 100 Å². The third kappa shape index (κ3) is 8.11. The molecule has 2 aromatic heterocycles. The van der Waals surface area contributed by atoms with Gasteiger partial charge in [-0.2, -0.15) is 9.61 Å². The first-order valence-electron chi connectivity index (χ1n) is 19.6. The highest BCUT2D eigenvalue weighted by Crippen LogP contribution is 2.34. The van der Waals surface area contributed by atoms with Crippen LogP contribution in [0.15, 0.2) is 36.5 Å². The third-order valence-electron chi connectivity index (χ3n) is 11.5. The number of carbonyl (C=O) groups excluding carboxylic acids is 5. The Morgan fingerprint density at radius 3 is 2.31 bits per heavy atom. The van der Waals surface area contributed by atoms with Crippen molar-refractivity contribution in [1.82, 2.24) is 34.6 Å². The number of aromatic nitrogens is 3. The Morgan fingerprint density at radius 2 is 1.63 bits per heavy atom. The fraction of sp³-hybridized carbons (Fsp3) is 0.564. The summed E-state index contributed by atoms with van der Waals surface area (Å²) in [5.41, 5.74) is 8.90. The fourth-order valence-electron chi connectivity index (χ4n) is 8.43. The van der Waals surface area contributed by atoms with Crippen molar-refractivity contribution in [3.8, 4) is 0 Å². The number of nitrogens with one attached hydrogen (secondary N) is 2. The van der Waals surface area contributed by atoms with Crippen LogP contribution >= 0.6 is 0 Å². The second-order valence-electron chi connectivity index (χ2n) is 15.1. The number of fused-ring (bicyclic) bond motifs is 2. The number of likely N-dealkylation sites (tertiary alicyclic amines) is 1. The van der Waals surface area contributed by atoms with E-state index in [-0.39, 0.29) is 30.6 Å². The van der Waals surface area contributed by atoms with Crippen LogP contribution in [0.1, 0.15) is 91.1 Å². The number of aryl methyl sites for hydroxylation is 1. The van der Waals surface area contributed by atoms with Crippen LogP contribution in [0.2, 0.25) is 0 Å². The van der Waals surface area contributed by atoms with Crippen LogP contribution in [0.5, 0.6) is 0 Å². The van der Waals surface area contributed by atoms with E-state index in [4.69, 9.17) is 5.73 Å². The van der Waals surface area contributed by atoms with E-state index in [2.05, 4.69) is 48.4 Å². The van der Waals surface area contributed by atoms with E-state index in [1.807, 2.05) is 22.8 Å². The topological polar surface area (TPSA) is 179 Å². The lowest BCUT2D eigenvalue weighted by Crippen LogP contribution is -2.54. The molecule has 3 saturated heterocycles. The van der Waals surface area contributed by atoms with Crippen molar-refractivity contribution in [2.45, 2.75) is 83.2 Å². The molecular weight excluding hydrogens is 688 g/mol. The average Bonchev–Trinajstić information content (AvgIpc) is 3.93. The molecule has 0 spiro atoms. The van der Waals surface area contributed by atoms with E-state index < -0.39 is 23.8 Å². The van der Waals surface area contributed by atoms with Crippen LogP contribution in [0, 0.1) is 5.92 Å². The second kappa shape index (κ2) is 16.6. The van der Waals surface area contributed by atoms with E-state index in [1.54, 1.807) is 12.1 Å². The molecule has 0 bridgehead atoms. The molecule has 5 aliphatic rings. The number of anilines is 2. The normalized spacial score (nSPS) is 21.7. The molecule has 6 heterocycles. The molecule has 1 aromatic carbocycles. The van der Waals surface area contributed by atoms with Gasteiger partial charge in [0.25, 0.3) is 11.8 Å². The minimum absolute atomic E-state index is 0.00194. The smallest absolute Gasteiger partial charge is 0.264 e. The van der Waals surface area contributed by atoms with Crippen molar-refractivity contribution in [2.75, 3.05) is 62.6 Å². The molecule has 1 aliphatic carbocycles. The van der Waals surface area contributed by atoms with Crippen molar-refractivity contribution < 1.29 is 24.0 Å². The van der Waals surface area contributed by atoms with Crippen molar-refractivity contribution in [3.63, 3.8) is 0 Å². The number of imide groups is 2. The number of hydrogen-bond donors (Lipinski definition) is 3. The average molecular weight is 741 g/mol. The summed E-state index contributed by atoms with van der Waals surface area (Å²) in [6.07, 6.45) is 11.1. The lowest BCUT2D eigenvalue weighted by molar-refractivity contribution is -0.136. The van der Waals surface area contributed by atoms with Crippen molar-refractivity contribution in [1.29, 1.82) is 0 Å². The van der Waals surface area contributed by atoms with Gasteiger partial charge in [-0.15, -0.1) is 0 Å². The van der Waals surface area contributed by atoms with Crippen LogP contribution < -0.4 is 21.3 Å². The molecule has 1 atom stereocenters. The minimum Gasteiger partial charge on any atom is -0.369 e. The summed E-state index contributed by atoms with van der Waals surface area (Å²) >= 11 is 0. The van der Waals surface area contributed by atoms with Gasteiger partial charge < -0.3 is 20.9 Å². The largest absolute Gasteiger partial charge is 0.369 e. The Bertz CT molecular complexity index is 1870. The van der Waals surface area contributed by atoms with Crippen molar-refractivity contribution in [2.24, 2.45) is 11.7 Å². The number of amides is 5. The first kappa shape index (κ1) is 37.4. The van der Waals surface area contributed by atoms with E-state index in [9.17, 15) is 24.0 Å². The third-order valence-corrected chi connectivity index (χ3v) is 11.5. The molecule has 0 radical (unpaired) electrons. The predicted octanol–water partition coefficient (Wildman–Crippen LogP) is 2.44. The summed E-state index contributed by atoms with van der Waals surface area (Å²) in [4.78, 5) is 74.3. The molecule has 54 heavy (non-hydrogen) atoms. The Hall–Kier alpha value is -4.89. The molecule has 4 aliphatic heterocycles. The van der Waals surface area contributed by atoms with Crippen molar-refractivity contribution >= 4 is 46.7 Å². The highest BCUT2D eigenvalue weighted by molar-refractivity contribution is 6.25. The molecule has 15 heteroatoms. The molecule has 5 amide bonds. The summed E-state index contributed by atoms with van der Waals surface area (Å²) in [5.74, 6) is -1.04. The van der Waals surface area contributed by atoms with Crippen LogP contribution in [0.25, 0.3) is 5.65 Å². The first-order valence-corrected chi connectivity index (χ1v) is 19.6. The molecule has 4 fully saturated rings. The number of primary amides is 1. The van der Waals surface area contributed by atoms with E-state index in [0.29, 0.717) is 22.9 Å². The number of carbonyl (C=O) groups is 5. The lowest BCUT2D eigenvalue weighted by atomic mass is 9.96. The highest BCUT2D eigenvalue weighted by Gasteiger charge is 2.46. The van der Waals surface area contributed by atoms with Crippen molar-refractivity contribution in [3.05, 3.63) is 53.3 Å². The Kier molecular flexibility index (Phi) is 11.5. The van der Waals surface area contributed by atoms with Gasteiger partial charge in [0, 0.05) is 75.5 Å². The minimum atomic E-state index is -0.965. The number of piperazine rings is 1. The van der Waals surface area contributed by atoms with Gasteiger partial charge >= 0.3 is 0 Å². The van der Waals surface area contributed by atoms with Gasteiger partial charge in [-0.25, -0.2) is 4.98 Å². The van der Waals surface area contributed by atoms with Crippen LogP contribution in [0.4, 0.5) is 11.5 Å². The van der Waals surface area contributed by atoms with Crippen LogP contribution in [-0.2, 0) is 20.8 Å². The summed E-state index contributed by atoms with van der Waals surface area (Å²) in [7, 11) is 0. The second-order valence-corrected chi connectivity index (χ2v) is 15.1. The molecule has 4 N–H and O–H groups in total. The maximum Gasteiger partial charge on any atom is 0.264 e. The lowest BCUT2D eigenvalue weighted by Gasteiger charge is -2.38. The van der Waals surface area contributed by atoms with Crippen LogP contribution in [-0.4, -0.2) is 123 Å². The SMILES string of the molecule is CCCc1cc(NC2CCCC2)n2nccc2n1.NC(=O)C1CCN(CCN2CCN(c3cccc4c3C(=O)N(C3CCC(=O)NC3=O)C4=O)CC2)CC1. The van der Waals surface area contributed by atoms with Gasteiger partial charge in [0.15, 0.2) is 5.65 Å². The molecule has 15 nitrogen and oxygen atoms in total. The zero-order valence-corrected chi connectivity index (χ0v) is 31.2. The maximum absolute atomic E-state index is 13.4.